The maximum Gasteiger partial charge on any atom is 0.255 e. The van der Waals surface area contributed by atoms with Gasteiger partial charge in [0.25, 0.3) is 5.91 Å². The molecule has 0 spiro atoms. The fourth-order valence-corrected chi connectivity index (χ4v) is 3.82. The Kier molecular flexibility index (Phi) is 3.88. The molecule has 2 heterocycles. The summed E-state index contributed by atoms with van der Waals surface area (Å²) in [5, 5.41) is 3.29. The number of hydrogen-bond acceptors (Lipinski definition) is 3. The zero-order valence-electron chi connectivity index (χ0n) is 13.8. The number of nitrogens with zero attached hydrogens (tertiary/aromatic N) is 1. The van der Waals surface area contributed by atoms with E-state index in [0.29, 0.717) is 28.4 Å². The second-order valence-electron chi connectivity index (χ2n) is 6.27. The topological polar surface area (TPSA) is 58.6 Å². The van der Waals surface area contributed by atoms with Gasteiger partial charge in [0.1, 0.15) is 5.75 Å². The van der Waals surface area contributed by atoms with E-state index in [1.54, 1.807) is 25.3 Å². The van der Waals surface area contributed by atoms with Crippen LogP contribution < -0.4 is 15.0 Å². The number of halogens is 1. The third-order valence-corrected chi connectivity index (χ3v) is 4.98. The molecule has 1 N–H and O–H groups in total. The van der Waals surface area contributed by atoms with Crippen LogP contribution in [0.25, 0.3) is 0 Å². The number of benzene rings is 2. The number of hydrogen-bond donors (Lipinski definition) is 1. The third kappa shape index (κ3) is 2.74. The van der Waals surface area contributed by atoms with Crippen molar-refractivity contribution in [3.05, 3.63) is 52.0 Å². The summed E-state index contributed by atoms with van der Waals surface area (Å²) >= 11 is 6.10. The van der Waals surface area contributed by atoms with Crippen molar-refractivity contribution in [2.75, 3.05) is 23.9 Å². The first-order valence-corrected chi connectivity index (χ1v) is 8.55. The summed E-state index contributed by atoms with van der Waals surface area (Å²) in [7, 11) is 1.54. The molecule has 6 heteroatoms. The first-order chi connectivity index (χ1) is 12.1. The molecule has 0 aromatic heterocycles. The molecule has 0 bridgehead atoms. The Morgan fingerprint density at radius 2 is 2.04 bits per heavy atom. The largest absolute Gasteiger partial charge is 0.495 e. The van der Waals surface area contributed by atoms with Gasteiger partial charge in [-0.2, -0.15) is 0 Å². The lowest BCUT2D eigenvalue weighted by Crippen LogP contribution is -2.31. The molecule has 2 aromatic rings. The van der Waals surface area contributed by atoms with E-state index in [0.717, 1.165) is 36.2 Å². The van der Waals surface area contributed by atoms with Crippen molar-refractivity contribution in [1.82, 2.24) is 0 Å². The average molecular weight is 357 g/mol. The van der Waals surface area contributed by atoms with Gasteiger partial charge in [0.15, 0.2) is 0 Å². The predicted molar refractivity (Wildman–Crippen MR) is 96.8 cm³/mol. The number of rotatable bonds is 3. The zero-order valence-corrected chi connectivity index (χ0v) is 14.5. The number of anilines is 2. The molecule has 0 radical (unpaired) electrons. The maximum atomic E-state index is 12.6. The minimum absolute atomic E-state index is 0.121. The molecule has 128 valence electrons. The second kappa shape index (κ2) is 6.08. The average Bonchev–Trinajstić information content (AvgIpc) is 2.92. The number of ether oxygens (including phenoxy) is 1. The quantitative estimate of drug-likeness (QED) is 0.916. The number of amides is 2. The van der Waals surface area contributed by atoms with Crippen LogP contribution in [0.5, 0.6) is 5.75 Å². The minimum atomic E-state index is -0.211. The normalized spacial score (nSPS) is 15.1. The molecule has 2 aliphatic rings. The Morgan fingerprint density at radius 1 is 1.24 bits per heavy atom. The summed E-state index contributed by atoms with van der Waals surface area (Å²) in [4.78, 5) is 26.6. The summed E-state index contributed by atoms with van der Waals surface area (Å²) in [6.07, 6.45) is 2.19. The molecular formula is C19H17ClN2O3. The molecule has 0 atom stereocenters. The van der Waals surface area contributed by atoms with Gasteiger partial charge >= 0.3 is 0 Å². The predicted octanol–water partition coefficient (Wildman–Crippen LogP) is 3.44. The fourth-order valence-electron chi connectivity index (χ4n) is 3.56. The van der Waals surface area contributed by atoms with Crippen LogP contribution in [-0.4, -0.2) is 25.5 Å². The highest BCUT2D eigenvalue weighted by Gasteiger charge is 2.32. The molecular weight excluding hydrogens is 340 g/mol. The van der Waals surface area contributed by atoms with Crippen molar-refractivity contribution in [3.8, 4) is 5.75 Å². The van der Waals surface area contributed by atoms with Gasteiger partial charge < -0.3 is 15.0 Å². The Balaban J connectivity index is 1.62. The van der Waals surface area contributed by atoms with Crippen molar-refractivity contribution < 1.29 is 14.3 Å². The molecule has 0 saturated heterocycles. The van der Waals surface area contributed by atoms with Crippen LogP contribution in [0.2, 0.25) is 5.02 Å². The Hall–Kier alpha value is -2.53. The zero-order chi connectivity index (χ0) is 17.6. The minimum Gasteiger partial charge on any atom is -0.495 e. The van der Waals surface area contributed by atoms with Gasteiger partial charge in [-0.3, -0.25) is 9.59 Å². The lowest BCUT2D eigenvalue weighted by molar-refractivity contribution is -0.117. The summed E-state index contributed by atoms with van der Waals surface area (Å²) in [5.41, 5.74) is 4.20. The van der Waals surface area contributed by atoms with Gasteiger partial charge in [0.2, 0.25) is 5.91 Å². The molecule has 25 heavy (non-hydrogen) atoms. The molecule has 0 unspecified atom stereocenters. The third-order valence-electron chi connectivity index (χ3n) is 4.68. The van der Waals surface area contributed by atoms with Crippen LogP contribution >= 0.6 is 11.6 Å². The van der Waals surface area contributed by atoms with Crippen molar-refractivity contribution in [2.24, 2.45) is 0 Å². The second-order valence-corrected chi connectivity index (χ2v) is 6.68. The molecule has 4 rings (SSSR count). The summed E-state index contributed by atoms with van der Waals surface area (Å²) in [5.74, 6) is 0.465. The molecule has 2 aliphatic heterocycles. The van der Waals surface area contributed by atoms with E-state index in [4.69, 9.17) is 16.3 Å². The molecule has 0 aliphatic carbocycles. The summed E-state index contributed by atoms with van der Waals surface area (Å²) < 4.78 is 5.12. The number of methoxy groups -OCH3 is 1. The first-order valence-electron chi connectivity index (χ1n) is 8.18. The highest BCUT2D eigenvalue weighted by atomic mass is 35.5. The monoisotopic (exact) mass is 356 g/mol. The van der Waals surface area contributed by atoms with Crippen LogP contribution in [0.1, 0.15) is 27.9 Å². The van der Waals surface area contributed by atoms with E-state index < -0.39 is 0 Å². The number of carbonyl (C=O) groups is 2. The van der Waals surface area contributed by atoms with Crippen LogP contribution in [0, 0.1) is 0 Å². The van der Waals surface area contributed by atoms with Gasteiger partial charge in [-0.25, -0.2) is 0 Å². The lowest BCUT2D eigenvalue weighted by Gasteiger charge is -2.25. The molecule has 2 aromatic carbocycles. The lowest BCUT2D eigenvalue weighted by atomic mass is 9.96. The van der Waals surface area contributed by atoms with Gasteiger partial charge in [-0.05, 0) is 54.3 Å². The van der Waals surface area contributed by atoms with Crippen molar-refractivity contribution in [1.29, 1.82) is 0 Å². The van der Waals surface area contributed by atoms with Crippen molar-refractivity contribution >= 4 is 34.8 Å². The van der Waals surface area contributed by atoms with Crippen LogP contribution in [0.4, 0.5) is 11.4 Å². The molecule has 5 nitrogen and oxygen atoms in total. The molecule has 0 fully saturated rings. The van der Waals surface area contributed by atoms with Gasteiger partial charge in [0.05, 0.1) is 24.2 Å². The highest BCUT2D eigenvalue weighted by Crippen LogP contribution is 2.37. The maximum absolute atomic E-state index is 12.6. The Labute approximate surface area is 150 Å². The van der Waals surface area contributed by atoms with Gasteiger partial charge in [-0.15, -0.1) is 0 Å². The highest BCUT2D eigenvalue weighted by molar-refractivity contribution is 6.32. The van der Waals surface area contributed by atoms with E-state index in [1.807, 2.05) is 17.0 Å². The SMILES string of the molecule is COc1ccc(NC(=O)c2cc3c4c(c2)CC(=O)N4CCC3)cc1Cl. The van der Waals surface area contributed by atoms with E-state index in [2.05, 4.69) is 5.32 Å². The Bertz CT molecular complexity index is 894. The standard InChI is InChI=1S/C19H17ClN2O3/c1-25-16-5-4-14(10-15(16)20)21-19(24)13-7-11-3-2-6-22-17(23)9-12(8-13)18(11)22/h4-5,7-8,10H,2-3,6,9H2,1H3,(H,21,24). The van der Waals surface area contributed by atoms with E-state index in [9.17, 15) is 9.59 Å². The van der Waals surface area contributed by atoms with Gasteiger partial charge in [0, 0.05) is 17.8 Å². The van der Waals surface area contributed by atoms with E-state index in [-0.39, 0.29) is 11.8 Å². The smallest absolute Gasteiger partial charge is 0.255 e. The Morgan fingerprint density at radius 3 is 2.80 bits per heavy atom. The molecule has 2 amide bonds. The van der Waals surface area contributed by atoms with Crippen LogP contribution in [-0.2, 0) is 17.6 Å². The number of nitrogens with one attached hydrogen (secondary N) is 1. The number of carbonyl (C=O) groups excluding carboxylic acids is 2. The fraction of sp³-hybridized carbons (Fsp3) is 0.263. The first kappa shape index (κ1) is 16.0. The van der Waals surface area contributed by atoms with Crippen molar-refractivity contribution in [2.45, 2.75) is 19.3 Å². The van der Waals surface area contributed by atoms with E-state index in [1.165, 1.54) is 0 Å². The van der Waals surface area contributed by atoms with Crippen LogP contribution in [0.3, 0.4) is 0 Å². The van der Waals surface area contributed by atoms with E-state index >= 15 is 0 Å². The van der Waals surface area contributed by atoms with Crippen LogP contribution in [0.15, 0.2) is 30.3 Å². The number of aryl methyl sites for hydroxylation is 1. The molecule has 0 saturated carbocycles. The summed E-state index contributed by atoms with van der Waals surface area (Å²) in [6, 6.07) is 8.82. The van der Waals surface area contributed by atoms with Crippen molar-refractivity contribution in [3.63, 3.8) is 0 Å². The summed E-state index contributed by atoms with van der Waals surface area (Å²) in [6.45, 7) is 0.773. The van der Waals surface area contributed by atoms with Gasteiger partial charge in [-0.1, -0.05) is 11.6 Å².